The molecule has 0 saturated carbocycles. The monoisotopic (exact) mass is 348 g/mol. The van der Waals surface area contributed by atoms with Crippen molar-refractivity contribution < 1.29 is 13.5 Å². The zero-order valence-electron chi connectivity index (χ0n) is 8.73. The van der Waals surface area contributed by atoms with Crippen LogP contribution in [-0.4, -0.2) is 4.26 Å². The van der Waals surface area contributed by atoms with Gasteiger partial charge < -0.3 is 0 Å². The van der Waals surface area contributed by atoms with Gasteiger partial charge >= 0.3 is 114 Å². The molecule has 0 atom stereocenters. The zero-order valence-corrected chi connectivity index (χ0v) is 12.0. The van der Waals surface area contributed by atoms with Crippen molar-refractivity contribution in [3.63, 3.8) is 0 Å². The molecule has 3 heteroatoms. The van der Waals surface area contributed by atoms with Gasteiger partial charge in [0, 0.05) is 0 Å². The molecule has 86 valence electrons. The summed E-state index contributed by atoms with van der Waals surface area (Å²) in [5.74, 6) is 0. The molecule has 0 amide bonds. The second-order valence-corrected chi connectivity index (χ2v) is 9.05. The molecule has 0 bridgehead atoms. The second-order valence-electron chi connectivity index (χ2n) is 3.74. The Labute approximate surface area is 113 Å². The van der Waals surface area contributed by atoms with E-state index in [1.807, 2.05) is 12.1 Å². The first kappa shape index (κ1) is 11.4. The predicted octanol–water partition coefficient (Wildman–Crippen LogP) is 4.43. The number of fused-ring (bicyclic) bond motifs is 3. The Morgan fingerprint density at radius 2 is 1.12 bits per heavy atom. The van der Waals surface area contributed by atoms with Crippen LogP contribution >= 0.6 is 19.4 Å². The van der Waals surface area contributed by atoms with Gasteiger partial charge in [0.05, 0.1) is 0 Å². The van der Waals surface area contributed by atoms with Crippen LogP contribution in [-0.2, 0) is 13.5 Å². The number of halogens is 2. The molecule has 0 radical (unpaired) electrons. The van der Waals surface area contributed by atoms with Crippen LogP contribution in [0.25, 0.3) is 16.7 Å². The van der Waals surface area contributed by atoms with Crippen molar-refractivity contribution >= 4 is 29.2 Å². The number of hydrogen-bond acceptors (Lipinski definition) is 0. The first-order valence-electron chi connectivity index (χ1n) is 5.10. The standard InChI is InChI=1S/C14H8.2ClH.Ru/c1-10-11-6-2-4-8-13(11)14-9-5-3-7-12(10)14;;;/h2-9H;2*1H;/q;;;+2/p-2. The van der Waals surface area contributed by atoms with Gasteiger partial charge in [0.2, 0.25) is 0 Å². The van der Waals surface area contributed by atoms with E-state index in [-0.39, 0.29) is 0 Å². The minimum atomic E-state index is -1.92. The molecule has 0 heterocycles. The Morgan fingerprint density at radius 3 is 1.53 bits per heavy atom. The number of rotatable bonds is 0. The summed E-state index contributed by atoms with van der Waals surface area (Å²) < 4.78 is 3.24. The number of benzene rings is 2. The first-order valence-corrected chi connectivity index (χ1v) is 10.4. The Kier molecular flexibility index (Phi) is 3.03. The Balaban J connectivity index is 2.44. The molecular weight excluding hydrogens is 340 g/mol. The van der Waals surface area contributed by atoms with Gasteiger partial charge in [-0.25, -0.2) is 0 Å². The molecule has 0 saturated heterocycles. The van der Waals surface area contributed by atoms with Crippen LogP contribution in [0.3, 0.4) is 0 Å². The molecule has 0 N–H and O–H groups in total. The van der Waals surface area contributed by atoms with Crippen LogP contribution in [0.5, 0.6) is 0 Å². The summed E-state index contributed by atoms with van der Waals surface area (Å²) in [7, 11) is 11.9. The fraction of sp³-hybridized carbons (Fsp3) is 0. The maximum absolute atomic E-state index is 5.97. The van der Waals surface area contributed by atoms with Gasteiger partial charge in [0.15, 0.2) is 0 Å². The van der Waals surface area contributed by atoms with Gasteiger partial charge in [-0.2, -0.15) is 0 Å². The van der Waals surface area contributed by atoms with Crippen molar-refractivity contribution in [2.24, 2.45) is 0 Å². The van der Waals surface area contributed by atoms with Crippen molar-refractivity contribution in [1.82, 2.24) is 0 Å². The summed E-state index contributed by atoms with van der Waals surface area (Å²) in [5.41, 5.74) is 5.94. The van der Waals surface area contributed by atoms with Crippen molar-refractivity contribution in [1.29, 1.82) is 0 Å². The van der Waals surface area contributed by atoms with E-state index in [0.717, 1.165) is 5.57 Å². The van der Waals surface area contributed by atoms with E-state index in [1.54, 1.807) is 0 Å². The van der Waals surface area contributed by atoms with Gasteiger partial charge in [-0.1, -0.05) is 0 Å². The SMILES string of the molecule is [Cl][Ru]([Cl])=[C]=C1c2ccccc2-c2ccccc21. The van der Waals surface area contributed by atoms with E-state index in [2.05, 4.69) is 40.7 Å². The topological polar surface area (TPSA) is 0 Å². The molecule has 0 nitrogen and oxygen atoms in total. The first-order chi connectivity index (χ1) is 8.27. The van der Waals surface area contributed by atoms with E-state index in [1.165, 1.54) is 22.3 Å². The van der Waals surface area contributed by atoms with Crippen LogP contribution in [0.4, 0.5) is 0 Å². The fourth-order valence-corrected chi connectivity index (χ4v) is 3.77. The van der Waals surface area contributed by atoms with Gasteiger partial charge in [-0.15, -0.1) is 0 Å². The Morgan fingerprint density at radius 1 is 0.706 bits per heavy atom. The van der Waals surface area contributed by atoms with Crippen LogP contribution < -0.4 is 0 Å². The van der Waals surface area contributed by atoms with E-state index >= 15 is 0 Å². The van der Waals surface area contributed by atoms with E-state index in [0.29, 0.717) is 0 Å². The van der Waals surface area contributed by atoms with Gasteiger partial charge in [0.25, 0.3) is 0 Å². The summed E-state index contributed by atoms with van der Waals surface area (Å²) in [6, 6.07) is 16.6. The van der Waals surface area contributed by atoms with Crippen molar-refractivity contribution in [2.75, 3.05) is 0 Å². The quantitative estimate of drug-likeness (QED) is 0.528. The zero-order chi connectivity index (χ0) is 11.8. The Hall–Kier alpha value is -0.707. The summed E-state index contributed by atoms with van der Waals surface area (Å²) in [6.07, 6.45) is 0. The molecule has 0 spiro atoms. The Bertz CT molecular complexity index is 616. The summed E-state index contributed by atoms with van der Waals surface area (Å²) >= 11 is -1.92. The van der Waals surface area contributed by atoms with Gasteiger partial charge in [0.1, 0.15) is 0 Å². The predicted molar refractivity (Wildman–Crippen MR) is 71.1 cm³/mol. The molecule has 1 aliphatic carbocycles. The van der Waals surface area contributed by atoms with E-state index in [9.17, 15) is 0 Å². The molecule has 1 aliphatic rings. The van der Waals surface area contributed by atoms with Crippen molar-refractivity contribution in [3.05, 3.63) is 59.7 Å². The van der Waals surface area contributed by atoms with E-state index in [4.69, 9.17) is 19.4 Å². The van der Waals surface area contributed by atoms with Crippen molar-refractivity contribution in [2.45, 2.75) is 0 Å². The third kappa shape index (κ3) is 1.94. The second kappa shape index (κ2) is 4.52. The molecule has 0 fully saturated rings. The van der Waals surface area contributed by atoms with Crippen LogP contribution in [0.2, 0.25) is 0 Å². The number of hydrogen-bond donors (Lipinski definition) is 0. The molecule has 3 rings (SSSR count). The van der Waals surface area contributed by atoms with Gasteiger partial charge in [-0.05, 0) is 0 Å². The molecule has 0 aromatic heterocycles. The molecule has 2 aromatic rings. The van der Waals surface area contributed by atoms with Crippen LogP contribution in [0.1, 0.15) is 11.1 Å². The minimum absolute atomic E-state index is 1.07. The normalized spacial score (nSPS) is 12.8. The molecule has 2 aromatic carbocycles. The summed E-state index contributed by atoms with van der Waals surface area (Å²) in [6.45, 7) is 0. The van der Waals surface area contributed by atoms with Gasteiger partial charge in [-0.3, -0.25) is 0 Å². The average molecular weight is 348 g/mol. The third-order valence-electron chi connectivity index (χ3n) is 2.84. The van der Waals surface area contributed by atoms with Crippen LogP contribution in [0, 0.1) is 0 Å². The van der Waals surface area contributed by atoms with Crippen LogP contribution in [0.15, 0.2) is 48.5 Å². The summed E-state index contributed by atoms with van der Waals surface area (Å²) in [5, 5.41) is 0. The fourth-order valence-electron chi connectivity index (χ4n) is 2.18. The molecule has 0 aliphatic heterocycles. The molecule has 17 heavy (non-hydrogen) atoms. The third-order valence-corrected chi connectivity index (χ3v) is 4.39. The average Bonchev–Trinajstić information content (AvgIpc) is 2.65. The molecular formula is C14H8Cl2Ru. The van der Waals surface area contributed by atoms with Crippen molar-refractivity contribution in [3.8, 4) is 11.1 Å². The maximum atomic E-state index is 5.97. The van der Waals surface area contributed by atoms with E-state index < -0.39 is 13.5 Å². The summed E-state index contributed by atoms with van der Waals surface area (Å²) in [4.78, 5) is 0. The molecule has 0 unspecified atom stereocenters.